The van der Waals surface area contributed by atoms with E-state index in [1.54, 1.807) is 18.4 Å². The van der Waals surface area contributed by atoms with Crippen molar-refractivity contribution in [2.75, 3.05) is 14.2 Å². The summed E-state index contributed by atoms with van der Waals surface area (Å²) >= 11 is 8.05. The quantitative estimate of drug-likeness (QED) is 0.741. The molecule has 2 aromatic carbocycles. The molecule has 0 fully saturated rings. The first-order valence-electron chi connectivity index (χ1n) is 6.72. The van der Waals surface area contributed by atoms with E-state index in [0.29, 0.717) is 10.8 Å². The van der Waals surface area contributed by atoms with Gasteiger partial charge in [-0.05, 0) is 42.3 Å². The van der Waals surface area contributed by atoms with Gasteiger partial charge in [0.25, 0.3) is 0 Å². The Morgan fingerprint density at radius 1 is 1.14 bits per heavy atom. The maximum Gasteiger partial charge on any atom is 0.137 e. The van der Waals surface area contributed by atoms with Gasteiger partial charge in [0.05, 0.1) is 18.2 Å². The maximum atomic E-state index is 6.25. The Morgan fingerprint density at radius 3 is 2.62 bits per heavy atom. The van der Waals surface area contributed by atoms with Gasteiger partial charge in [0, 0.05) is 9.58 Å². The molecule has 0 aliphatic rings. The molecule has 1 unspecified atom stereocenters. The van der Waals surface area contributed by atoms with Crippen LogP contribution >= 0.6 is 22.9 Å². The van der Waals surface area contributed by atoms with Gasteiger partial charge >= 0.3 is 0 Å². The summed E-state index contributed by atoms with van der Waals surface area (Å²) in [7, 11) is 3.59. The fraction of sp³-hybridized carbons (Fsp3) is 0.176. The third kappa shape index (κ3) is 2.77. The van der Waals surface area contributed by atoms with E-state index in [4.69, 9.17) is 16.3 Å². The first-order chi connectivity index (χ1) is 10.2. The van der Waals surface area contributed by atoms with E-state index in [1.165, 1.54) is 15.0 Å². The lowest BCUT2D eigenvalue weighted by molar-refractivity contribution is 0.414. The van der Waals surface area contributed by atoms with Crippen molar-refractivity contribution in [1.29, 1.82) is 0 Å². The van der Waals surface area contributed by atoms with E-state index >= 15 is 0 Å². The van der Waals surface area contributed by atoms with Crippen molar-refractivity contribution in [3.05, 3.63) is 64.0 Å². The highest BCUT2D eigenvalue weighted by Crippen LogP contribution is 2.35. The molecule has 0 spiro atoms. The van der Waals surface area contributed by atoms with Crippen LogP contribution in [0.15, 0.2) is 48.5 Å². The number of hydrogen-bond acceptors (Lipinski definition) is 3. The number of benzene rings is 2. The summed E-state index contributed by atoms with van der Waals surface area (Å²) in [4.78, 5) is 1.28. The molecule has 21 heavy (non-hydrogen) atoms. The molecule has 1 atom stereocenters. The number of hydrogen-bond donors (Lipinski definition) is 1. The highest BCUT2D eigenvalue weighted by Gasteiger charge is 2.16. The molecule has 108 valence electrons. The Bertz CT molecular complexity index is 735. The molecule has 0 radical (unpaired) electrons. The molecule has 4 heteroatoms. The molecule has 0 amide bonds. The molecule has 0 saturated carbocycles. The second kappa shape index (κ2) is 6.06. The zero-order valence-corrected chi connectivity index (χ0v) is 13.5. The SMILES string of the molecule is CNC(c1ccc(OC)c(Cl)c1)c1cc2ccccc2s1. The molecule has 1 heterocycles. The van der Waals surface area contributed by atoms with E-state index in [1.807, 2.05) is 19.2 Å². The lowest BCUT2D eigenvalue weighted by Crippen LogP contribution is -2.16. The Balaban J connectivity index is 2.03. The van der Waals surface area contributed by atoms with Gasteiger partial charge in [-0.25, -0.2) is 0 Å². The summed E-state index contributed by atoms with van der Waals surface area (Å²) in [5.74, 6) is 0.701. The predicted molar refractivity (Wildman–Crippen MR) is 90.7 cm³/mol. The minimum atomic E-state index is 0.130. The summed E-state index contributed by atoms with van der Waals surface area (Å²) in [5.41, 5.74) is 1.13. The van der Waals surface area contributed by atoms with E-state index < -0.39 is 0 Å². The third-order valence-electron chi connectivity index (χ3n) is 3.53. The van der Waals surface area contributed by atoms with Crippen LogP contribution in [0.4, 0.5) is 0 Å². The van der Waals surface area contributed by atoms with Gasteiger partial charge in [-0.1, -0.05) is 35.9 Å². The number of nitrogens with one attached hydrogen (secondary N) is 1. The van der Waals surface area contributed by atoms with E-state index in [9.17, 15) is 0 Å². The average Bonchev–Trinajstić information content (AvgIpc) is 2.91. The molecule has 3 aromatic rings. The summed E-state index contributed by atoms with van der Waals surface area (Å²) < 4.78 is 6.52. The molecule has 0 bridgehead atoms. The summed E-state index contributed by atoms with van der Waals surface area (Å²) in [6.07, 6.45) is 0. The van der Waals surface area contributed by atoms with Crippen molar-refractivity contribution in [3.63, 3.8) is 0 Å². The number of ether oxygens (including phenoxy) is 1. The Kier molecular flexibility index (Phi) is 4.15. The Morgan fingerprint density at radius 2 is 1.95 bits per heavy atom. The van der Waals surface area contributed by atoms with Gasteiger partial charge in [0.15, 0.2) is 0 Å². The number of rotatable bonds is 4. The fourth-order valence-electron chi connectivity index (χ4n) is 2.48. The Hall–Kier alpha value is -1.55. The van der Waals surface area contributed by atoms with Crippen LogP contribution in [-0.4, -0.2) is 14.2 Å². The lowest BCUT2D eigenvalue weighted by atomic mass is 10.0. The van der Waals surface area contributed by atoms with Crippen molar-refractivity contribution in [3.8, 4) is 5.75 Å². The molecular formula is C17H16ClNOS. The minimum absolute atomic E-state index is 0.130. The van der Waals surface area contributed by atoms with Crippen LogP contribution in [0, 0.1) is 0 Å². The molecule has 1 N–H and O–H groups in total. The molecule has 3 rings (SSSR count). The predicted octanol–water partition coefficient (Wildman–Crippen LogP) is 4.87. The van der Waals surface area contributed by atoms with Crippen molar-refractivity contribution in [1.82, 2.24) is 5.32 Å². The first-order valence-corrected chi connectivity index (χ1v) is 7.91. The van der Waals surface area contributed by atoms with Crippen LogP contribution in [0.1, 0.15) is 16.5 Å². The van der Waals surface area contributed by atoms with Crippen molar-refractivity contribution in [2.45, 2.75) is 6.04 Å². The van der Waals surface area contributed by atoms with Crippen LogP contribution < -0.4 is 10.1 Å². The minimum Gasteiger partial charge on any atom is -0.495 e. The second-order valence-electron chi connectivity index (χ2n) is 4.80. The average molecular weight is 318 g/mol. The van der Waals surface area contributed by atoms with Crippen LogP contribution in [0.5, 0.6) is 5.75 Å². The van der Waals surface area contributed by atoms with E-state index in [-0.39, 0.29) is 6.04 Å². The monoisotopic (exact) mass is 317 g/mol. The van der Waals surface area contributed by atoms with Crippen molar-refractivity contribution < 1.29 is 4.74 Å². The number of fused-ring (bicyclic) bond motifs is 1. The summed E-state index contributed by atoms with van der Waals surface area (Å²) in [6, 6.07) is 16.7. The van der Waals surface area contributed by atoms with Gasteiger partial charge in [0.1, 0.15) is 5.75 Å². The molecule has 1 aromatic heterocycles. The summed E-state index contributed by atoms with van der Waals surface area (Å²) in [6.45, 7) is 0. The largest absolute Gasteiger partial charge is 0.495 e. The smallest absolute Gasteiger partial charge is 0.137 e. The van der Waals surface area contributed by atoms with E-state index in [0.717, 1.165) is 5.56 Å². The van der Waals surface area contributed by atoms with Crippen LogP contribution in [-0.2, 0) is 0 Å². The molecule has 2 nitrogen and oxygen atoms in total. The number of methoxy groups -OCH3 is 1. The van der Waals surface area contributed by atoms with Gasteiger partial charge in [-0.2, -0.15) is 0 Å². The van der Waals surface area contributed by atoms with Crippen molar-refractivity contribution >= 4 is 33.0 Å². The van der Waals surface area contributed by atoms with Crippen molar-refractivity contribution in [2.24, 2.45) is 0 Å². The highest BCUT2D eigenvalue weighted by molar-refractivity contribution is 7.19. The maximum absolute atomic E-state index is 6.25. The zero-order chi connectivity index (χ0) is 14.8. The highest BCUT2D eigenvalue weighted by atomic mass is 35.5. The Labute approximate surface area is 133 Å². The van der Waals surface area contributed by atoms with Gasteiger partial charge in [-0.3, -0.25) is 0 Å². The van der Waals surface area contributed by atoms with Gasteiger partial charge in [-0.15, -0.1) is 11.3 Å². The fourth-order valence-corrected chi connectivity index (χ4v) is 3.95. The van der Waals surface area contributed by atoms with Gasteiger partial charge in [0.2, 0.25) is 0 Å². The topological polar surface area (TPSA) is 21.3 Å². The molecular weight excluding hydrogens is 302 g/mol. The van der Waals surface area contributed by atoms with Gasteiger partial charge < -0.3 is 10.1 Å². The number of halogens is 1. The second-order valence-corrected chi connectivity index (χ2v) is 6.32. The van der Waals surface area contributed by atoms with Crippen LogP contribution in [0.2, 0.25) is 5.02 Å². The first kappa shape index (κ1) is 14.4. The summed E-state index contributed by atoms with van der Waals surface area (Å²) in [5, 5.41) is 5.28. The normalized spacial score (nSPS) is 12.5. The molecule has 0 aliphatic heterocycles. The zero-order valence-electron chi connectivity index (χ0n) is 11.9. The number of thiophene rings is 1. The van der Waals surface area contributed by atoms with Crippen LogP contribution in [0.25, 0.3) is 10.1 Å². The lowest BCUT2D eigenvalue weighted by Gasteiger charge is -2.16. The van der Waals surface area contributed by atoms with Crippen LogP contribution in [0.3, 0.4) is 0 Å². The van der Waals surface area contributed by atoms with E-state index in [2.05, 4.69) is 41.7 Å². The standard InChI is InChI=1S/C17H16ClNOS/c1-19-17(12-7-8-14(20-2)13(18)9-12)16-10-11-5-3-4-6-15(11)21-16/h3-10,17,19H,1-2H3. The molecule has 0 aliphatic carbocycles. The molecule has 0 saturated heterocycles. The third-order valence-corrected chi connectivity index (χ3v) is 5.00.